The van der Waals surface area contributed by atoms with Gasteiger partial charge in [0.2, 0.25) is 11.6 Å². The number of rotatable bonds is 1. The predicted molar refractivity (Wildman–Crippen MR) is 87.1 cm³/mol. The molecule has 6 rings (SSSR count). The SMILES string of the molecule is COc1ccc2c3c1O[C@H]1C4(CC[C@H]5[C@@H](C2)NC(=O)C(=O)[C@@]351)OCCO4. The lowest BCUT2D eigenvalue weighted by atomic mass is 9.50. The van der Waals surface area contributed by atoms with Gasteiger partial charge in [0, 0.05) is 23.9 Å². The van der Waals surface area contributed by atoms with Crippen molar-refractivity contribution < 1.29 is 28.5 Å². The summed E-state index contributed by atoms with van der Waals surface area (Å²) in [5.41, 5.74) is 0.807. The third kappa shape index (κ3) is 1.42. The van der Waals surface area contributed by atoms with E-state index in [1.54, 1.807) is 7.11 Å². The number of hydrogen-bond donors (Lipinski definition) is 1. The van der Waals surface area contributed by atoms with Gasteiger partial charge < -0.3 is 24.3 Å². The molecule has 136 valence electrons. The maximum absolute atomic E-state index is 13.4. The van der Waals surface area contributed by atoms with Gasteiger partial charge in [-0.25, -0.2) is 0 Å². The number of ether oxygens (including phenoxy) is 4. The summed E-state index contributed by atoms with van der Waals surface area (Å²) in [6.07, 6.45) is 1.42. The number of carbonyl (C=O) groups is 2. The Morgan fingerprint density at radius 3 is 2.81 bits per heavy atom. The van der Waals surface area contributed by atoms with E-state index in [1.165, 1.54) is 0 Å². The summed E-state index contributed by atoms with van der Waals surface area (Å²) in [7, 11) is 1.58. The third-order valence-electron chi connectivity index (χ3n) is 6.88. The molecule has 0 unspecified atom stereocenters. The van der Waals surface area contributed by atoms with Crippen LogP contribution in [0.25, 0.3) is 0 Å². The highest BCUT2D eigenvalue weighted by Crippen LogP contribution is 2.64. The Bertz CT molecular complexity index is 860. The van der Waals surface area contributed by atoms with E-state index in [0.29, 0.717) is 37.6 Å². The smallest absolute Gasteiger partial charge is 0.288 e. The average molecular weight is 357 g/mol. The monoisotopic (exact) mass is 357 g/mol. The zero-order chi connectivity index (χ0) is 17.7. The van der Waals surface area contributed by atoms with Crippen LogP contribution in [0.1, 0.15) is 24.0 Å². The second kappa shape index (κ2) is 4.58. The molecule has 2 saturated heterocycles. The number of carbonyl (C=O) groups excluding carboxylic acids is 2. The number of piperidine rings is 1. The molecular weight excluding hydrogens is 338 g/mol. The van der Waals surface area contributed by atoms with Crippen molar-refractivity contribution in [1.82, 2.24) is 5.32 Å². The van der Waals surface area contributed by atoms with Gasteiger partial charge in [-0.3, -0.25) is 9.59 Å². The van der Waals surface area contributed by atoms with Crippen LogP contribution in [0.2, 0.25) is 0 Å². The first kappa shape index (κ1) is 15.0. The van der Waals surface area contributed by atoms with E-state index in [4.69, 9.17) is 18.9 Å². The molecule has 0 radical (unpaired) electrons. The highest BCUT2D eigenvalue weighted by Gasteiger charge is 2.75. The van der Waals surface area contributed by atoms with E-state index in [1.807, 2.05) is 12.1 Å². The molecule has 2 bridgehead atoms. The number of nitrogens with one attached hydrogen (secondary N) is 1. The van der Waals surface area contributed by atoms with Crippen LogP contribution in [0, 0.1) is 5.92 Å². The highest BCUT2D eigenvalue weighted by atomic mass is 16.8. The van der Waals surface area contributed by atoms with Crippen molar-refractivity contribution in [3.8, 4) is 11.5 Å². The summed E-state index contributed by atoms with van der Waals surface area (Å²) in [5.74, 6) is -0.811. The minimum absolute atomic E-state index is 0.0167. The van der Waals surface area contributed by atoms with E-state index in [2.05, 4.69) is 5.32 Å². The summed E-state index contributed by atoms with van der Waals surface area (Å²) in [6.45, 7) is 0.926. The Labute approximate surface area is 149 Å². The second-order valence-corrected chi connectivity index (χ2v) is 7.77. The van der Waals surface area contributed by atoms with Crippen LogP contribution in [-0.2, 0) is 30.9 Å². The minimum atomic E-state index is -1.05. The van der Waals surface area contributed by atoms with E-state index in [9.17, 15) is 9.59 Å². The van der Waals surface area contributed by atoms with Crippen LogP contribution in [0.4, 0.5) is 0 Å². The highest BCUT2D eigenvalue weighted by molar-refractivity contribution is 6.41. The Kier molecular flexibility index (Phi) is 2.64. The molecule has 1 amide bonds. The lowest BCUT2D eigenvalue weighted by molar-refractivity contribution is -0.251. The fourth-order valence-corrected chi connectivity index (χ4v) is 6.02. The van der Waals surface area contributed by atoms with Gasteiger partial charge in [0.25, 0.3) is 5.91 Å². The van der Waals surface area contributed by atoms with E-state index < -0.39 is 29.0 Å². The van der Waals surface area contributed by atoms with Crippen LogP contribution in [0.5, 0.6) is 11.5 Å². The molecule has 3 heterocycles. The predicted octanol–water partition coefficient (Wildman–Crippen LogP) is 0.471. The molecule has 1 N–H and O–H groups in total. The van der Waals surface area contributed by atoms with Crippen molar-refractivity contribution in [3.63, 3.8) is 0 Å². The van der Waals surface area contributed by atoms with Crippen molar-refractivity contribution in [2.24, 2.45) is 5.92 Å². The molecule has 3 aliphatic heterocycles. The molecule has 1 aromatic rings. The first-order chi connectivity index (χ1) is 12.6. The van der Waals surface area contributed by atoms with Crippen molar-refractivity contribution in [1.29, 1.82) is 0 Å². The molecule has 2 aliphatic carbocycles. The van der Waals surface area contributed by atoms with E-state index >= 15 is 0 Å². The zero-order valence-electron chi connectivity index (χ0n) is 14.4. The molecule has 2 spiro atoms. The van der Waals surface area contributed by atoms with Gasteiger partial charge in [-0.15, -0.1) is 0 Å². The molecular formula is C19H19NO6. The molecule has 26 heavy (non-hydrogen) atoms. The molecule has 1 saturated carbocycles. The van der Waals surface area contributed by atoms with Crippen LogP contribution < -0.4 is 14.8 Å². The maximum atomic E-state index is 13.4. The van der Waals surface area contributed by atoms with Crippen molar-refractivity contribution >= 4 is 11.7 Å². The normalized spacial score (nSPS) is 38.0. The van der Waals surface area contributed by atoms with Crippen molar-refractivity contribution in [3.05, 3.63) is 23.3 Å². The number of Topliss-reactive ketones (excluding diaryl/α,β-unsaturated/α-hetero) is 1. The summed E-state index contributed by atoms with van der Waals surface area (Å²) in [4.78, 5) is 26.0. The maximum Gasteiger partial charge on any atom is 0.288 e. The zero-order valence-corrected chi connectivity index (χ0v) is 14.4. The van der Waals surface area contributed by atoms with Gasteiger partial charge in [0.15, 0.2) is 17.6 Å². The fraction of sp³-hybridized carbons (Fsp3) is 0.579. The summed E-state index contributed by atoms with van der Waals surface area (Å²) < 4.78 is 23.9. The Hall–Kier alpha value is -2.12. The van der Waals surface area contributed by atoms with Crippen molar-refractivity contribution in [2.45, 2.75) is 42.6 Å². The molecule has 3 fully saturated rings. The number of ketones is 1. The Morgan fingerprint density at radius 2 is 2.04 bits per heavy atom. The molecule has 5 aliphatic rings. The van der Waals surface area contributed by atoms with Gasteiger partial charge in [-0.2, -0.15) is 0 Å². The molecule has 1 aromatic carbocycles. The number of hydrogen-bond acceptors (Lipinski definition) is 6. The molecule has 0 aromatic heterocycles. The van der Waals surface area contributed by atoms with Gasteiger partial charge in [-0.1, -0.05) is 6.07 Å². The summed E-state index contributed by atoms with van der Waals surface area (Å²) in [6, 6.07) is 3.78. The van der Waals surface area contributed by atoms with Crippen LogP contribution in [0.3, 0.4) is 0 Å². The number of methoxy groups -OCH3 is 1. The lowest BCUT2D eigenvalue weighted by Gasteiger charge is -2.56. The Balaban J connectivity index is 1.68. The fourth-order valence-electron chi connectivity index (χ4n) is 6.02. The number of amides is 1. The molecule has 7 heteroatoms. The minimum Gasteiger partial charge on any atom is -0.493 e. The van der Waals surface area contributed by atoms with Gasteiger partial charge in [-0.05, 0) is 24.5 Å². The van der Waals surface area contributed by atoms with Crippen LogP contribution in [-0.4, -0.2) is 49.9 Å². The molecule has 7 nitrogen and oxygen atoms in total. The summed E-state index contributed by atoms with van der Waals surface area (Å²) >= 11 is 0. The van der Waals surface area contributed by atoms with Gasteiger partial charge >= 0.3 is 0 Å². The summed E-state index contributed by atoms with van der Waals surface area (Å²) in [5, 5.41) is 2.93. The molecule has 4 atom stereocenters. The van der Waals surface area contributed by atoms with E-state index in [0.717, 1.165) is 17.5 Å². The quantitative estimate of drug-likeness (QED) is 0.736. The first-order valence-electron chi connectivity index (χ1n) is 9.12. The standard InChI is InChI=1S/C19H19NO6/c1-23-12-3-2-9-8-11-10-4-5-18(24-6-7-25-18)17-19(10,13(9)14(12)26-17)15(21)16(22)20-11/h2-3,10-11,17H,4-8H2,1H3,(H,20,22)/t10-,11+,17-,19-/m0/s1. The van der Waals surface area contributed by atoms with Crippen molar-refractivity contribution in [2.75, 3.05) is 20.3 Å². The number of benzene rings is 1. The first-order valence-corrected chi connectivity index (χ1v) is 9.12. The van der Waals surface area contributed by atoms with E-state index in [-0.39, 0.29) is 12.0 Å². The van der Waals surface area contributed by atoms with Crippen LogP contribution >= 0.6 is 0 Å². The largest absolute Gasteiger partial charge is 0.493 e. The third-order valence-corrected chi connectivity index (χ3v) is 6.88. The average Bonchev–Trinajstić information content (AvgIpc) is 3.25. The lowest BCUT2D eigenvalue weighted by Crippen LogP contribution is -2.75. The van der Waals surface area contributed by atoms with Gasteiger partial charge in [0.05, 0.1) is 20.3 Å². The Morgan fingerprint density at radius 1 is 1.23 bits per heavy atom. The second-order valence-electron chi connectivity index (χ2n) is 7.77. The van der Waals surface area contributed by atoms with Gasteiger partial charge in [0.1, 0.15) is 5.41 Å². The van der Waals surface area contributed by atoms with Crippen LogP contribution in [0.15, 0.2) is 12.1 Å². The topological polar surface area (TPSA) is 83.1 Å². The number of fused-ring (bicyclic) bond motifs is 1.